The van der Waals surface area contributed by atoms with Crippen LogP contribution in [0.4, 0.5) is 5.95 Å². The Morgan fingerprint density at radius 2 is 2.30 bits per heavy atom. The Morgan fingerprint density at radius 3 is 3.09 bits per heavy atom. The van der Waals surface area contributed by atoms with E-state index in [2.05, 4.69) is 25.3 Å². The minimum Gasteiger partial charge on any atom is -0.481 e. The lowest BCUT2D eigenvalue weighted by Crippen LogP contribution is -2.38. The van der Waals surface area contributed by atoms with Crippen LogP contribution in [0.15, 0.2) is 24.5 Å². The molecule has 1 saturated heterocycles. The van der Waals surface area contributed by atoms with Gasteiger partial charge in [0.1, 0.15) is 5.69 Å². The number of rotatable bonds is 4. The van der Waals surface area contributed by atoms with E-state index >= 15 is 0 Å². The number of aromatic nitrogens is 4. The zero-order valence-electron chi connectivity index (χ0n) is 13.3. The molecule has 8 heteroatoms. The highest BCUT2D eigenvalue weighted by atomic mass is 16.5. The molecule has 1 atom stereocenters. The van der Waals surface area contributed by atoms with E-state index in [1.807, 2.05) is 10.9 Å². The molecule has 3 rings (SSSR count). The van der Waals surface area contributed by atoms with Gasteiger partial charge < -0.3 is 15.0 Å². The van der Waals surface area contributed by atoms with Crippen LogP contribution in [0.25, 0.3) is 0 Å². The van der Waals surface area contributed by atoms with Crippen molar-refractivity contribution in [2.45, 2.75) is 18.9 Å². The van der Waals surface area contributed by atoms with Gasteiger partial charge in [-0.3, -0.25) is 9.48 Å². The van der Waals surface area contributed by atoms with E-state index in [0.29, 0.717) is 17.5 Å². The molecule has 2 aromatic heterocycles. The van der Waals surface area contributed by atoms with Crippen molar-refractivity contribution in [3.63, 3.8) is 0 Å². The van der Waals surface area contributed by atoms with Crippen molar-refractivity contribution in [2.75, 3.05) is 32.1 Å². The fraction of sp³-hybridized carbons (Fsp3) is 0.467. The van der Waals surface area contributed by atoms with Crippen molar-refractivity contribution in [3.8, 4) is 5.88 Å². The van der Waals surface area contributed by atoms with E-state index in [4.69, 9.17) is 4.74 Å². The lowest BCUT2D eigenvalue weighted by Gasteiger charge is -2.32. The number of nitrogens with zero attached hydrogens (tertiary/aromatic N) is 5. The Kier molecular flexibility index (Phi) is 4.40. The third-order valence-corrected chi connectivity index (χ3v) is 3.95. The molecule has 23 heavy (non-hydrogen) atoms. The second kappa shape index (κ2) is 6.64. The first-order valence-electron chi connectivity index (χ1n) is 7.60. The molecule has 0 aliphatic carbocycles. The molecule has 1 aliphatic rings. The van der Waals surface area contributed by atoms with Crippen LogP contribution in [-0.2, 0) is 0 Å². The Morgan fingerprint density at radius 1 is 1.43 bits per heavy atom. The molecule has 0 unspecified atom stereocenters. The van der Waals surface area contributed by atoms with Gasteiger partial charge in [0.2, 0.25) is 11.8 Å². The van der Waals surface area contributed by atoms with Crippen molar-refractivity contribution in [3.05, 3.63) is 30.2 Å². The molecule has 2 aromatic rings. The summed E-state index contributed by atoms with van der Waals surface area (Å²) in [4.78, 5) is 22.5. The van der Waals surface area contributed by atoms with Gasteiger partial charge in [0.15, 0.2) is 0 Å². The standard InChI is InChI=1S/C15H20N6O2/c1-16-14(22)12-6-9-21(19-12)11-4-3-8-20(10-11)15-17-7-5-13(18-15)23-2/h5-7,9,11H,3-4,8,10H2,1-2H3,(H,16,22)/t11-/m1/s1. The van der Waals surface area contributed by atoms with Crippen molar-refractivity contribution in [1.29, 1.82) is 0 Å². The molecule has 1 amide bonds. The summed E-state index contributed by atoms with van der Waals surface area (Å²) in [6.07, 6.45) is 5.57. The van der Waals surface area contributed by atoms with Crippen LogP contribution in [0, 0.1) is 0 Å². The van der Waals surface area contributed by atoms with Gasteiger partial charge in [0, 0.05) is 38.6 Å². The van der Waals surface area contributed by atoms with Gasteiger partial charge in [-0.25, -0.2) is 4.98 Å². The molecular weight excluding hydrogens is 296 g/mol. The fourth-order valence-electron chi connectivity index (χ4n) is 2.74. The first-order valence-corrected chi connectivity index (χ1v) is 7.60. The molecule has 0 spiro atoms. The zero-order chi connectivity index (χ0) is 16.2. The average Bonchev–Trinajstić information content (AvgIpc) is 3.11. The maximum atomic E-state index is 11.6. The van der Waals surface area contributed by atoms with Gasteiger partial charge in [-0.15, -0.1) is 0 Å². The predicted molar refractivity (Wildman–Crippen MR) is 84.7 cm³/mol. The summed E-state index contributed by atoms with van der Waals surface area (Å²) in [6.45, 7) is 1.65. The molecular formula is C15H20N6O2. The zero-order valence-corrected chi connectivity index (χ0v) is 13.3. The normalized spacial score (nSPS) is 17.8. The van der Waals surface area contributed by atoms with Crippen molar-refractivity contribution < 1.29 is 9.53 Å². The minimum absolute atomic E-state index is 0.174. The van der Waals surface area contributed by atoms with Crippen LogP contribution in [0.5, 0.6) is 5.88 Å². The van der Waals surface area contributed by atoms with E-state index in [-0.39, 0.29) is 11.9 Å². The number of piperidine rings is 1. The lowest BCUT2D eigenvalue weighted by atomic mass is 10.1. The molecule has 0 aromatic carbocycles. The summed E-state index contributed by atoms with van der Waals surface area (Å²) in [5.74, 6) is 1.04. The highest BCUT2D eigenvalue weighted by Crippen LogP contribution is 2.24. The first kappa shape index (κ1) is 15.3. The maximum Gasteiger partial charge on any atom is 0.271 e. The molecule has 122 valence electrons. The summed E-state index contributed by atoms with van der Waals surface area (Å²) in [6, 6.07) is 3.66. The van der Waals surface area contributed by atoms with E-state index in [1.54, 1.807) is 32.5 Å². The average molecular weight is 316 g/mol. The predicted octanol–water partition coefficient (Wildman–Crippen LogP) is 0.883. The second-order valence-electron chi connectivity index (χ2n) is 5.40. The third-order valence-electron chi connectivity index (χ3n) is 3.95. The topological polar surface area (TPSA) is 85.2 Å². The van der Waals surface area contributed by atoms with E-state index in [1.165, 1.54) is 0 Å². The number of anilines is 1. The summed E-state index contributed by atoms with van der Waals surface area (Å²) in [7, 11) is 3.19. The molecule has 0 radical (unpaired) electrons. The quantitative estimate of drug-likeness (QED) is 0.901. The number of amides is 1. The number of hydrogen-bond acceptors (Lipinski definition) is 6. The van der Waals surface area contributed by atoms with Gasteiger partial charge >= 0.3 is 0 Å². The van der Waals surface area contributed by atoms with Crippen molar-refractivity contribution >= 4 is 11.9 Å². The van der Waals surface area contributed by atoms with Gasteiger partial charge in [-0.2, -0.15) is 10.1 Å². The monoisotopic (exact) mass is 316 g/mol. The van der Waals surface area contributed by atoms with Crippen LogP contribution in [0.3, 0.4) is 0 Å². The van der Waals surface area contributed by atoms with Crippen LogP contribution in [-0.4, -0.2) is 52.9 Å². The largest absolute Gasteiger partial charge is 0.481 e. The molecule has 8 nitrogen and oxygen atoms in total. The molecule has 1 N–H and O–H groups in total. The Hall–Kier alpha value is -2.64. The van der Waals surface area contributed by atoms with Crippen LogP contribution < -0.4 is 15.0 Å². The molecule has 1 fully saturated rings. The highest BCUT2D eigenvalue weighted by molar-refractivity contribution is 5.91. The Labute approximate surface area is 134 Å². The third kappa shape index (κ3) is 3.25. The number of methoxy groups -OCH3 is 1. The van der Waals surface area contributed by atoms with Gasteiger partial charge in [-0.1, -0.05) is 0 Å². The van der Waals surface area contributed by atoms with Crippen molar-refractivity contribution in [2.24, 2.45) is 0 Å². The Balaban J connectivity index is 1.75. The number of nitrogens with one attached hydrogen (secondary N) is 1. The summed E-state index contributed by atoms with van der Waals surface area (Å²) in [5.41, 5.74) is 0.433. The Bertz CT molecular complexity index is 686. The van der Waals surface area contributed by atoms with Crippen LogP contribution in [0.1, 0.15) is 29.4 Å². The first-order chi connectivity index (χ1) is 11.2. The number of hydrogen-bond donors (Lipinski definition) is 1. The minimum atomic E-state index is -0.174. The SMILES string of the molecule is CNC(=O)c1ccn([C@@H]2CCCN(c3nccc(OC)n3)C2)n1. The summed E-state index contributed by atoms with van der Waals surface area (Å²) < 4.78 is 7.02. The lowest BCUT2D eigenvalue weighted by molar-refractivity contribution is 0.0957. The molecule has 0 saturated carbocycles. The van der Waals surface area contributed by atoms with Crippen LogP contribution in [0.2, 0.25) is 0 Å². The van der Waals surface area contributed by atoms with E-state index in [9.17, 15) is 4.79 Å². The molecule has 0 bridgehead atoms. The number of carbonyl (C=O) groups excluding carboxylic acids is 1. The van der Waals surface area contributed by atoms with Crippen LogP contribution >= 0.6 is 0 Å². The maximum absolute atomic E-state index is 11.6. The van der Waals surface area contributed by atoms with Gasteiger partial charge in [0.05, 0.1) is 13.2 Å². The smallest absolute Gasteiger partial charge is 0.271 e. The van der Waals surface area contributed by atoms with E-state index < -0.39 is 0 Å². The fourth-order valence-corrected chi connectivity index (χ4v) is 2.74. The number of carbonyl (C=O) groups is 1. The van der Waals surface area contributed by atoms with E-state index in [0.717, 1.165) is 25.9 Å². The highest BCUT2D eigenvalue weighted by Gasteiger charge is 2.24. The molecule has 3 heterocycles. The number of ether oxygens (including phenoxy) is 1. The van der Waals surface area contributed by atoms with Crippen molar-refractivity contribution in [1.82, 2.24) is 25.1 Å². The van der Waals surface area contributed by atoms with Gasteiger partial charge in [0.25, 0.3) is 5.91 Å². The molecule has 1 aliphatic heterocycles. The summed E-state index contributed by atoms with van der Waals surface area (Å²) >= 11 is 0. The summed E-state index contributed by atoms with van der Waals surface area (Å²) in [5, 5.41) is 6.96. The van der Waals surface area contributed by atoms with Gasteiger partial charge in [-0.05, 0) is 18.9 Å². The second-order valence-corrected chi connectivity index (χ2v) is 5.40.